The standard InChI is InChI=1S/C22H25F2N3O3/c1-13(2)8-9-30-18-7-4-14(10-19(18)29-3)12-25-22(28)15-5-6-16-17(11-15)27-21(26-16)20(23)24/h4-7,10-11,13,20H,8-9,12H2,1-3H3,(H,25,28)(H,26,27). The second-order valence-corrected chi connectivity index (χ2v) is 7.35. The average molecular weight is 417 g/mol. The first kappa shape index (κ1) is 21.5. The van der Waals surface area contributed by atoms with Crippen LogP contribution in [0.15, 0.2) is 36.4 Å². The maximum absolute atomic E-state index is 12.8. The molecular weight excluding hydrogens is 392 g/mol. The molecule has 1 heterocycles. The number of ether oxygens (including phenoxy) is 2. The molecule has 3 aromatic rings. The molecule has 0 bridgehead atoms. The van der Waals surface area contributed by atoms with Crippen molar-refractivity contribution in [2.24, 2.45) is 5.92 Å². The fourth-order valence-electron chi connectivity index (χ4n) is 2.90. The van der Waals surface area contributed by atoms with E-state index < -0.39 is 12.2 Å². The van der Waals surface area contributed by atoms with E-state index in [1.54, 1.807) is 19.2 Å². The molecule has 0 saturated carbocycles. The highest BCUT2D eigenvalue weighted by atomic mass is 19.3. The topological polar surface area (TPSA) is 76.2 Å². The van der Waals surface area contributed by atoms with E-state index in [1.807, 2.05) is 18.2 Å². The van der Waals surface area contributed by atoms with Crippen molar-refractivity contribution in [2.45, 2.75) is 33.2 Å². The van der Waals surface area contributed by atoms with Crippen molar-refractivity contribution in [1.29, 1.82) is 0 Å². The summed E-state index contributed by atoms with van der Waals surface area (Å²) in [5, 5.41) is 2.82. The highest BCUT2D eigenvalue weighted by Crippen LogP contribution is 2.28. The summed E-state index contributed by atoms with van der Waals surface area (Å²) in [5.41, 5.74) is 1.98. The average Bonchev–Trinajstić information content (AvgIpc) is 3.16. The molecule has 1 aromatic heterocycles. The van der Waals surface area contributed by atoms with Gasteiger partial charge >= 0.3 is 0 Å². The van der Waals surface area contributed by atoms with Crippen LogP contribution >= 0.6 is 0 Å². The smallest absolute Gasteiger partial charge is 0.295 e. The molecule has 0 radical (unpaired) electrons. The molecule has 160 valence electrons. The lowest BCUT2D eigenvalue weighted by Crippen LogP contribution is -2.22. The van der Waals surface area contributed by atoms with Gasteiger partial charge in [-0.15, -0.1) is 0 Å². The maximum Gasteiger partial charge on any atom is 0.295 e. The van der Waals surface area contributed by atoms with Gasteiger partial charge in [0, 0.05) is 12.1 Å². The molecule has 0 fully saturated rings. The number of alkyl halides is 2. The zero-order valence-electron chi connectivity index (χ0n) is 17.2. The highest BCUT2D eigenvalue weighted by Gasteiger charge is 2.14. The third-order valence-corrected chi connectivity index (χ3v) is 4.60. The van der Waals surface area contributed by atoms with Gasteiger partial charge in [-0.05, 0) is 48.2 Å². The molecule has 0 atom stereocenters. The van der Waals surface area contributed by atoms with E-state index in [2.05, 4.69) is 29.1 Å². The highest BCUT2D eigenvalue weighted by molar-refractivity contribution is 5.97. The molecule has 0 aliphatic heterocycles. The largest absolute Gasteiger partial charge is 0.493 e. The van der Waals surface area contributed by atoms with Crippen molar-refractivity contribution in [2.75, 3.05) is 13.7 Å². The van der Waals surface area contributed by atoms with Crippen molar-refractivity contribution in [3.05, 3.63) is 53.3 Å². The maximum atomic E-state index is 12.8. The minimum Gasteiger partial charge on any atom is -0.493 e. The normalized spacial score (nSPS) is 11.3. The van der Waals surface area contributed by atoms with E-state index in [0.29, 0.717) is 40.6 Å². The summed E-state index contributed by atoms with van der Waals surface area (Å²) < 4.78 is 36.7. The Labute approximate surface area is 173 Å². The number of aromatic amines is 1. The number of carbonyl (C=O) groups excluding carboxylic acids is 1. The number of nitrogens with one attached hydrogen (secondary N) is 2. The molecular formula is C22H25F2N3O3. The molecule has 2 N–H and O–H groups in total. The van der Waals surface area contributed by atoms with Crippen LogP contribution in [0.3, 0.4) is 0 Å². The van der Waals surface area contributed by atoms with Gasteiger partial charge in [0.05, 0.1) is 24.8 Å². The molecule has 8 heteroatoms. The Hall–Kier alpha value is -3.16. The molecule has 0 unspecified atom stereocenters. The van der Waals surface area contributed by atoms with Crippen LogP contribution in [0.5, 0.6) is 11.5 Å². The molecule has 3 rings (SSSR count). The Morgan fingerprint density at radius 3 is 2.67 bits per heavy atom. The summed E-state index contributed by atoms with van der Waals surface area (Å²) in [6.07, 6.45) is -1.75. The van der Waals surface area contributed by atoms with E-state index >= 15 is 0 Å². The van der Waals surface area contributed by atoms with E-state index in [0.717, 1.165) is 12.0 Å². The monoisotopic (exact) mass is 417 g/mol. The third-order valence-electron chi connectivity index (χ3n) is 4.60. The van der Waals surface area contributed by atoms with E-state index in [1.165, 1.54) is 6.07 Å². The van der Waals surface area contributed by atoms with E-state index in [-0.39, 0.29) is 12.5 Å². The molecule has 30 heavy (non-hydrogen) atoms. The van der Waals surface area contributed by atoms with Crippen LogP contribution in [0.4, 0.5) is 8.78 Å². The number of hydrogen-bond acceptors (Lipinski definition) is 4. The summed E-state index contributed by atoms with van der Waals surface area (Å²) in [4.78, 5) is 18.8. The van der Waals surface area contributed by atoms with Gasteiger partial charge in [-0.3, -0.25) is 4.79 Å². The van der Waals surface area contributed by atoms with Crippen molar-refractivity contribution < 1.29 is 23.0 Å². The third kappa shape index (κ3) is 5.25. The first-order valence-electron chi connectivity index (χ1n) is 9.73. The quantitative estimate of drug-likeness (QED) is 0.521. The van der Waals surface area contributed by atoms with Gasteiger partial charge in [-0.2, -0.15) is 0 Å². The Balaban J connectivity index is 1.64. The lowest BCUT2D eigenvalue weighted by atomic mass is 10.1. The second-order valence-electron chi connectivity index (χ2n) is 7.35. The minimum absolute atomic E-state index is 0.283. The number of rotatable bonds is 9. The van der Waals surface area contributed by atoms with E-state index in [9.17, 15) is 13.6 Å². The number of carbonyl (C=O) groups is 1. The summed E-state index contributed by atoms with van der Waals surface area (Å²) in [7, 11) is 1.57. The predicted molar refractivity (Wildman–Crippen MR) is 110 cm³/mol. The number of imidazole rings is 1. The number of benzene rings is 2. The number of nitrogens with zero attached hydrogens (tertiary/aromatic N) is 1. The molecule has 0 saturated heterocycles. The molecule has 2 aromatic carbocycles. The lowest BCUT2D eigenvalue weighted by Gasteiger charge is -2.13. The number of fused-ring (bicyclic) bond motifs is 1. The Morgan fingerprint density at radius 2 is 1.97 bits per heavy atom. The zero-order chi connectivity index (χ0) is 21.7. The van der Waals surface area contributed by atoms with Crippen LogP contribution in [0.1, 0.15) is 48.4 Å². The summed E-state index contributed by atoms with van der Waals surface area (Å²) in [6, 6.07) is 10.1. The van der Waals surface area contributed by atoms with Gasteiger partial charge in [0.1, 0.15) is 0 Å². The molecule has 6 nitrogen and oxygen atoms in total. The van der Waals surface area contributed by atoms with Crippen LogP contribution < -0.4 is 14.8 Å². The lowest BCUT2D eigenvalue weighted by molar-refractivity contribution is 0.0951. The number of hydrogen-bond donors (Lipinski definition) is 2. The number of amides is 1. The van der Waals surface area contributed by atoms with Gasteiger partial charge < -0.3 is 19.8 Å². The number of methoxy groups -OCH3 is 1. The van der Waals surface area contributed by atoms with Crippen LogP contribution in [0.25, 0.3) is 11.0 Å². The Morgan fingerprint density at radius 1 is 1.17 bits per heavy atom. The molecule has 0 aliphatic carbocycles. The van der Waals surface area contributed by atoms with Gasteiger partial charge in [-0.25, -0.2) is 13.8 Å². The first-order chi connectivity index (χ1) is 14.4. The second kappa shape index (κ2) is 9.56. The fourth-order valence-corrected chi connectivity index (χ4v) is 2.90. The molecule has 1 amide bonds. The van der Waals surface area contributed by atoms with E-state index in [4.69, 9.17) is 9.47 Å². The van der Waals surface area contributed by atoms with Crippen LogP contribution in [-0.4, -0.2) is 29.6 Å². The van der Waals surface area contributed by atoms with Crippen LogP contribution in [-0.2, 0) is 6.54 Å². The summed E-state index contributed by atoms with van der Waals surface area (Å²) >= 11 is 0. The van der Waals surface area contributed by atoms with Crippen LogP contribution in [0, 0.1) is 5.92 Å². The summed E-state index contributed by atoms with van der Waals surface area (Å²) in [6.45, 7) is 5.15. The van der Waals surface area contributed by atoms with Gasteiger partial charge in [0.25, 0.3) is 12.3 Å². The summed E-state index contributed by atoms with van der Waals surface area (Å²) in [5.74, 6) is 1.08. The Bertz CT molecular complexity index is 1020. The van der Waals surface area contributed by atoms with Crippen molar-refractivity contribution in [3.63, 3.8) is 0 Å². The van der Waals surface area contributed by atoms with Gasteiger partial charge in [0.2, 0.25) is 0 Å². The van der Waals surface area contributed by atoms with Crippen molar-refractivity contribution in [3.8, 4) is 11.5 Å². The van der Waals surface area contributed by atoms with Gasteiger partial charge in [-0.1, -0.05) is 19.9 Å². The minimum atomic E-state index is -2.69. The van der Waals surface area contributed by atoms with Crippen LogP contribution in [0.2, 0.25) is 0 Å². The van der Waals surface area contributed by atoms with Crippen molar-refractivity contribution in [1.82, 2.24) is 15.3 Å². The number of halogens is 2. The SMILES string of the molecule is COc1cc(CNC(=O)c2ccc3nc(C(F)F)[nH]c3c2)ccc1OCCC(C)C. The van der Waals surface area contributed by atoms with Gasteiger partial charge in [0.15, 0.2) is 17.3 Å². The first-order valence-corrected chi connectivity index (χ1v) is 9.73. The zero-order valence-corrected chi connectivity index (χ0v) is 17.2. The van der Waals surface area contributed by atoms with Crippen molar-refractivity contribution >= 4 is 16.9 Å². The molecule has 0 aliphatic rings. The number of aromatic nitrogens is 2. The molecule has 0 spiro atoms. The fraction of sp³-hybridized carbons (Fsp3) is 0.364. The number of H-pyrrole nitrogens is 1. The predicted octanol–water partition coefficient (Wildman–Crippen LogP) is 4.86. The Kier molecular flexibility index (Phi) is 6.87.